The minimum absolute atomic E-state index is 0.610. The standard InChI is InChI=1S/C13H11N3OS/c14-7-11-8-15-13(18-11)16-10-3-4-12-9(6-10)2-1-5-17-12/h3-4,6,8H,1-2,5H2,(H,15,16). The summed E-state index contributed by atoms with van der Waals surface area (Å²) in [6, 6.07) is 8.12. The van der Waals surface area contributed by atoms with Crippen LogP contribution in [0.25, 0.3) is 0 Å². The van der Waals surface area contributed by atoms with Gasteiger partial charge in [-0.2, -0.15) is 5.26 Å². The average molecular weight is 257 g/mol. The fourth-order valence-electron chi connectivity index (χ4n) is 1.95. The van der Waals surface area contributed by atoms with E-state index in [1.165, 1.54) is 16.9 Å². The molecule has 5 heteroatoms. The van der Waals surface area contributed by atoms with Crippen molar-refractivity contribution < 1.29 is 4.74 Å². The van der Waals surface area contributed by atoms with E-state index in [1.54, 1.807) is 6.20 Å². The van der Waals surface area contributed by atoms with Crippen LogP contribution in [0.5, 0.6) is 5.75 Å². The molecule has 0 unspecified atom stereocenters. The first kappa shape index (κ1) is 11.1. The monoisotopic (exact) mass is 257 g/mol. The van der Waals surface area contributed by atoms with Gasteiger partial charge in [-0.3, -0.25) is 0 Å². The highest BCUT2D eigenvalue weighted by Gasteiger charge is 2.11. The van der Waals surface area contributed by atoms with Crippen LogP contribution in [-0.2, 0) is 6.42 Å². The molecule has 0 aliphatic carbocycles. The molecule has 0 amide bonds. The zero-order valence-electron chi connectivity index (χ0n) is 9.64. The molecule has 3 rings (SSSR count). The molecule has 0 fully saturated rings. The number of anilines is 2. The molecular formula is C13H11N3OS. The first-order chi connectivity index (χ1) is 8.85. The van der Waals surface area contributed by atoms with Crippen molar-refractivity contribution in [2.24, 2.45) is 0 Å². The summed E-state index contributed by atoms with van der Waals surface area (Å²) in [6.07, 6.45) is 3.69. The van der Waals surface area contributed by atoms with Crippen molar-refractivity contribution in [3.63, 3.8) is 0 Å². The summed E-state index contributed by atoms with van der Waals surface area (Å²) in [5.41, 5.74) is 2.21. The van der Waals surface area contributed by atoms with Gasteiger partial charge in [-0.05, 0) is 36.6 Å². The van der Waals surface area contributed by atoms with Crippen molar-refractivity contribution in [3.8, 4) is 11.8 Å². The second kappa shape index (κ2) is 4.67. The van der Waals surface area contributed by atoms with Crippen LogP contribution in [0, 0.1) is 11.3 Å². The number of benzene rings is 1. The Morgan fingerprint density at radius 2 is 2.39 bits per heavy atom. The first-order valence-electron chi connectivity index (χ1n) is 5.74. The van der Waals surface area contributed by atoms with Gasteiger partial charge in [0, 0.05) is 5.69 Å². The molecule has 18 heavy (non-hydrogen) atoms. The Morgan fingerprint density at radius 1 is 1.44 bits per heavy atom. The molecule has 1 aromatic heterocycles. The molecule has 2 aromatic rings. The largest absolute Gasteiger partial charge is 0.493 e. The number of hydrogen-bond donors (Lipinski definition) is 1. The molecule has 4 nitrogen and oxygen atoms in total. The maximum absolute atomic E-state index is 8.75. The predicted octanol–water partition coefficient (Wildman–Crippen LogP) is 3.08. The number of nitrogens with one attached hydrogen (secondary N) is 1. The van der Waals surface area contributed by atoms with Crippen LogP contribution in [0.15, 0.2) is 24.4 Å². The van der Waals surface area contributed by atoms with Gasteiger partial charge < -0.3 is 10.1 Å². The highest BCUT2D eigenvalue weighted by Crippen LogP contribution is 2.29. The Balaban J connectivity index is 1.82. The molecule has 1 aliphatic heterocycles. The Hall–Kier alpha value is -2.06. The lowest BCUT2D eigenvalue weighted by atomic mass is 10.1. The molecule has 0 spiro atoms. The number of nitriles is 1. The summed E-state index contributed by atoms with van der Waals surface area (Å²) in [7, 11) is 0. The van der Waals surface area contributed by atoms with Crippen LogP contribution in [-0.4, -0.2) is 11.6 Å². The molecular weight excluding hydrogens is 246 g/mol. The Labute approximate surface area is 109 Å². The van der Waals surface area contributed by atoms with Crippen LogP contribution in [0.1, 0.15) is 16.9 Å². The van der Waals surface area contributed by atoms with Crippen molar-refractivity contribution in [2.75, 3.05) is 11.9 Å². The number of thiazole rings is 1. The number of ether oxygens (including phenoxy) is 1. The summed E-state index contributed by atoms with van der Waals surface area (Å²) in [5, 5.41) is 12.7. The number of aryl methyl sites for hydroxylation is 1. The van der Waals surface area contributed by atoms with E-state index in [4.69, 9.17) is 10.00 Å². The quantitative estimate of drug-likeness (QED) is 0.898. The predicted molar refractivity (Wildman–Crippen MR) is 70.4 cm³/mol. The Morgan fingerprint density at radius 3 is 3.22 bits per heavy atom. The smallest absolute Gasteiger partial charge is 0.188 e. The van der Waals surface area contributed by atoms with Gasteiger partial charge in [-0.25, -0.2) is 4.98 Å². The molecule has 2 heterocycles. The van der Waals surface area contributed by atoms with Crippen LogP contribution >= 0.6 is 11.3 Å². The van der Waals surface area contributed by atoms with Gasteiger partial charge in [0.1, 0.15) is 16.7 Å². The number of hydrogen-bond acceptors (Lipinski definition) is 5. The lowest BCUT2D eigenvalue weighted by molar-refractivity contribution is 0.288. The zero-order valence-corrected chi connectivity index (χ0v) is 10.5. The van der Waals surface area contributed by atoms with Gasteiger partial charge in [0.05, 0.1) is 12.8 Å². The number of aromatic nitrogens is 1. The summed E-state index contributed by atoms with van der Waals surface area (Å²) < 4.78 is 5.57. The first-order valence-corrected chi connectivity index (χ1v) is 6.55. The third kappa shape index (κ3) is 2.15. The minimum atomic E-state index is 0.610. The fraction of sp³-hybridized carbons (Fsp3) is 0.231. The second-order valence-electron chi connectivity index (χ2n) is 4.04. The molecule has 0 saturated heterocycles. The van der Waals surface area contributed by atoms with Crippen LogP contribution in [0.4, 0.5) is 10.8 Å². The molecule has 90 valence electrons. The third-order valence-corrected chi connectivity index (χ3v) is 3.59. The van der Waals surface area contributed by atoms with E-state index in [1.807, 2.05) is 12.1 Å². The van der Waals surface area contributed by atoms with E-state index in [2.05, 4.69) is 22.4 Å². The second-order valence-corrected chi connectivity index (χ2v) is 5.07. The van der Waals surface area contributed by atoms with Crippen molar-refractivity contribution in [3.05, 3.63) is 34.8 Å². The molecule has 0 bridgehead atoms. The lowest BCUT2D eigenvalue weighted by Crippen LogP contribution is -2.08. The Bertz CT molecular complexity index is 615. The van der Waals surface area contributed by atoms with E-state index in [-0.39, 0.29) is 0 Å². The maximum Gasteiger partial charge on any atom is 0.188 e. The number of rotatable bonds is 2. The normalized spacial score (nSPS) is 13.3. The van der Waals surface area contributed by atoms with Crippen LogP contribution < -0.4 is 10.1 Å². The van der Waals surface area contributed by atoms with E-state index in [0.717, 1.165) is 36.0 Å². The fourth-order valence-corrected chi connectivity index (χ4v) is 2.58. The van der Waals surface area contributed by atoms with E-state index in [9.17, 15) is 0 Å². The van der Waals surface area contributed by atoms with Gasteiger partial charge in [-0.15, -0.1) is 0 Å². The SMILES string of the molecule is N#Cc1cnc(Nc2ccc3c(c2)CCCO3)s1. The zero-order chi connectivity index (χ0) is 12.4. The molecule has 0 saturated carbocycles. The van der Waals surface area contributed by atoms with Crippen molar-refractivity contribution in [2.45, 2.75) is 12.8 Å². The Kier molecular flexibility index (Phi) is 2.87. The lowest BCUT2D eigenvalue weighted by Gasteiger charge is -2.17. The molecule has 0 radical (unpaired) electrons. The van der Waals surface area contributed by atoms with E-state index in [0.29, 0.717) is 4.88 Å². The van der Waals surface area contributed by atoms with Gasteiger partial charge in [0.25, 0.3) is 0 Å². The molecule has 1 N–H and O–H groups in total. The van der Waals surface area contributed by atoms with Crippen molar-refractivity contribution in [1.82, 2.24) is 4.98 Å². The topological polar surface area (TPSA) is 57.9 Å². The van der Waals surface area contributed by atoms with Gasteiger partial charge in [0.15, 0.2) is 5.13 Å². The van der Waals surface area contributed by atoms with E-state index < -0.39 is 0 Å². The van der Waals surface area contributed by atoms with Gasteiger partial charge in [-0.1, -0.05) is 11.3 Å². The number of fused-ring (bicyclic) bond motifs is 1. The van der Waals surface area contributed by atoms with Crippen LogP contribution in [0.2, 0.25) is 0 Å². The summed E-state index contributed by atoms with van der Waals surface area (Å²) in [4.78, 5) is 4.76. The highest BCUT2D eigenvalue weighted by atomic mass is 32.1. The minimum Gasteiger partial charge on any atom is -0.493 e. The molecule has 0 atom stereocenters. The maximum atomic E-state index is 8.75. The number of nitrogens with zero attached hydrogens (tertiary/aromatic N) is 2. The summed E-state index contributed by atoms with van der Waals surface area (Å²) in [6.45, 7) is 0.803. The molecule has 1 aromatic carbocycles. The molecule has 1 aliphatic rings. The van der Waals surface area contributed by atoms with Crippen LogP contribution in [0.3, 0.4) is 0 Å². The average Bonchev–Trinajstić information content (AvgIpc) is 2.86. The van der Waals surface area contributed by atoms with Crippen molar-refractivity contribution in [1.29, 1.82) is 5.26 Å². The van der Waals surface area contributed by atoms with Gasteiger partial charge >= 0.3 is 0 Å². The van der Waals surface area contributed by atoms with Gasteiger partial charge in [0.2, 0.25) is 0 Å². The van der Waals surface area contributed by atoms with Crippen molar-refractivity contribution >= 4 is 22.2 Å². The summed E-state index contributed by atoms with van der Waals surface area (Å²) >= 11 is 1.35. The highest BCUT2D eigenvalue weighted by molar-refractivity contribution is 7.16. The third-order valence-electron chi connectivity index (χ3n) is 2.78. The summed E-state index contributed by atoms with van der Waals surface area (Å²) in [5.74, 6) is 0.976. The van der Waals surface area contributed by atoms with E-state index >= 15 is 0 Å².